The van der Waals surface area contributed by atoms with Gasteiger partial charge in [-0.25, -0.2) is 5.43 Å². The number of aromatic hydroxyl groups is 2. The smallest absolute Gasteiger partial charge is 0.246 e. The average molecular weight is 328 g/mol. The van der Waals surface area contributed by atoms with E-state index in [4.69, 9.17) is 0 Å². The van der Waals surface area contributed by atoms with Gasteiger partial charge in [0, 0.05) is 5.56 Å². The lowest BCUT2D eigenvalue weighted by molar-refractivity contribution is -0.146. The van der Waals surface area contributed by atoms with Crippen LogP contribution in [0.15, 0.2) is 23.3 Å². The monoisotopic (exact) mass is 328 g/mol. The second kappa shape index (κ2) is 5.50. The van der Waals surface area contributed by atoms with Crippen LogP contribution in [0, 0.1) is 23.2 Å². The number of hydrogen-bond donors (Lipinski definition) is 3. The van der Waals surface area contributed by atoms with Gasteiger partial charge in [-0.15, -0.1) is 0 Å². The van der Waals surface area contributed by atoms with Gasteiger partial charge in [0.2, 0.25) is 5.91 Å². The first-order valence-corrected chi connectivity index (χ1v) is 8.82. The van der Waals surface area contributed by atoms with Gasteiger partial charge in [-0.1, -0.05) is 0 Å². The molecule has 0 spiro atoms. The molecule has 5 nitrogen and oxygen atoms in total. The maximum atomic E-state index is 12.9. The molecule has 0 atom stereocenters. The van der Waals surface area contributed by atoms with E-state index in [0.717, 1.165) is 19.3 Å². The van der Waals surface area contributed by atoms with Crippen LogP contribution in [0.25, 0.3) is 0 Å². The van der Waals surface area contributed by atoms with Crippen molar-refractivity contribution in [3.8, 4) is 11.5 Å². The standard InChI is InChI=1S/C19H24N2O3/c1-11(16-7-15(22)2-3-17(16)23)20-21-18(24)19-8-12-4-13(9-19)6-14(5-12)10-19/h2-3,7,12-14,22-23H,4-6,8-10H2,1H3,(H,21,24). The van der Waals surface area contributed by atoms with E-state index in [0.29, 0.717) is 29.0 Å². The van der Waals surface area contributed by atoms with Crippen LogP contribution in [0.3, 0.4) is 0 Å². The fourth-order valence-corrected chi connectivity index (χ4v) is 5.52. The molecule has 4 aliphatic carbocycles. The van der Waals surface area contributed by atoms with Gasteiger partial charge < -0.3 is 10.2 Å². The Bertz CT molecular complexity index is 675. The first-order valence-electron chi connectivity index (χ1n) is 8.82. The fourth-order valence-electron chi connectivity index (χ4n) is 5.52. The Kier molecular flexibility index (Phi) is 3.55. The minimum Gasteiger partial charge on any atom is -0.508 e. The third-order valence-electron chi connectivity index (χ3n) is 6.21. The van der Waals surface area contributed by atoms with Crippen LogP contribution in [0.5, 0.6) is 11.5 Å². The van der Waals surface area contributed by atoms with Gasteiger partial charge in [0.15, 0.2) is 0 Å². The molecular weight excluding hydrogens is 304 g/mol. The Labute approximate surface area is 141 Å². The average Bonchev–Trinajstić information content (AvgIpc) is 2.53. The highest BCUT2D eigenvalue weighted by molar-refractivity contribution is 6.02. The van der Waals surface area contributed by atoms with E-state index in [1.165, 1.54) is 37.5 Å². The van der Waals surface area contributed by atoms with Crippen LogP contribution in [-0.2, 0) is 4.79 Å². The predicted molar refractivity (Wildman–Crippen MR) is 90.7 cm³/mol. The molecule has 1 aromatic carbocycles. The quantitative estimate of drug-likeness (QED) is 0.453. The number of nitrogens with zero attached hydrogens (tertiary/aromatic N) is 1. The zero-order valence-corrected chi connectivity index (χ0v) is 14.0. The van der Waals surface area contributed by atoms with Gasteiger partial charge in [-0.3, -0.25) is 4.79 Å². The van der Waals surface area contributed by atoms with Crippen molar-refractivity contribution in [2.75, 3.05) is 0 Å². The Morgan fingerprint density at radius 3 is 2.29 bits per heavy atom. The van der Waals surface area contributed by atoms with Crippen LogP contribution in [0.4, 0.5) is 0 Å². The summed E-state index contributed by atoms with van der Waals surface area (Å²) in [6.45, 7) is 1.72. The number of amides is 1. The van der Waals surface area contributed by atoms with Crippen molar-refractivity contribution in [3.05, 3.63) is 23.8 Å². The summed E-state index contributed by atoms with van der Waals surface area (Å²) in [6, 6.07) is 4.29. The number of nitrogens with one attached hydrogen (secondary N) is 1. The van der Waals surface area contributed by atoms with Gasteiger partial charge >= 0.3 is 0 Å². The van der Waals surface area contributed by atoms with Gasteiger partial charge in [0.25, 0.3) is 0 Å². The lowest BCUT2D eigenvalue weighted by atomic mass is 9.49. The second-order valence-corrected chi connectivity index (χ2v) is 8.04. The Morgan fingerprint density at radius 1 is 1.12 bits per heavy atom. The van der Waals surface area contributed by atoms with Crippen molar-refractivity contribution in [3.63, 3.8) is 0 Å². The maximum Gasteiger partial charge on any atom is 0.246 e. The summed E-state index contributed by atoms with van der Waals surface area (Å²) in [4.78, 5) is 12.9. The first-order chi connectivity index (χ1) is 11.4. The van der Waals surface area contributed by atoms with Crippen molar-refractivity contribution >= 4 is 11.6 Å². The van der Waals surface area contributed by atoms with E-state index in [2.05, 4.69) is 10.5 Å². The molecular formula is C19H24N2O3. The van der Waals surface area contributed by atoms with Crippen molar-refractivity contribution < 1.29 is 15.0 Å². The van der Waals surface area contributed by atoms with Gasteiger partial charge in [-0.2, -0.15) is 5.10 Å². The summed E-state index contributed by atoms with van der Waals surface area (Å²) in [6.07, 6.45) is 6.88. The minimum atomic E-state index is -0.237. The second-order valence-electron chi connectivity index (χ2n) is 8.04. The van der Waals surface area contributed by atoms with Gasteiger partial charge in [0.05, 0.1) is 11.1 Å². The minimum absolute atomic E-state index is 0.0283. The molecule has 4 fully saturated rings. The molecule has 0 radical (unpaired) electrons. The van der Waals surface area contributed by atoms with E-state index in [1.807, 2.05) is 0 Å². The number of phenolic OH excluding ortho intramolecular Hbond substituents is 2. The van der Waals surface area contributed by atoms with Crippen LogP contribution < -0.4 is 5.43 Å². The summed E-state index contributed by atoms with van der Waals surface area (Å²) in [5.74, 6) is 2.26. The van der Waals surface area contributed by atoms with Crippen LogP contribution in [0.1, 0.15) is 51.0 Å². The molecule has 1 aromatic rings. The number of rotatable bonds is 3. The summed E-state index contributed by atoms with van der Waals surface area (Å²) in [5.41, 5.74) is 3.42. The summed E-state index contributed by atoms with van der Waals surface area (Å²) < 4.78 is 0. The van der Waals surface area contributed by atoms with Crippen LogP contribution in [0.2, 0.25) is 0 Å². The van der Waals surface area contributed by atoms with E-state index in [-0.39, 0.29) is 22.8 Å². The predicted octanol–water partition coefficient (Wildman–Crippen LogP) is 3.15. The Hall–Kier alpha value is -2.04. The Morgan fingerprint density at radius 2 is 1.71 bits per heavy atom. The number of hydrogen-bond acceptors (Lipinski definition) is 4. The molecule has 4 bridgehead atoms. The van der Waals surface area contributed by atoms with Gasteiger partial charge in [0.1, 0.15) is 11.5 Å². The number of carbonyl (C=O) groups is 1. The Balaban J connectivity index is 1.51. The zero-order chi connectivity index (χ0) is 16.9. The lowest BCUT2D eigenvalue weighted by Crippen LogP contribution is -2.52. The molecule has 1 amide bonds. The highest BCUT2D eigenvalue weighted by Crippen LogP contribution is 2.60. The molecule has 4 saturated carbocycles. The molecule has 0 saturated heterocycles. The van der Waals surface area contributed by atoms with Crippen molar-refractivity contribution in [1.82, 2.24) is 5.43 Å². The largest absolute Gasteiger partial charge is 0.508 e. The number of phenols is 2. The van der Waals surface area contributed by atoms with E-state index in [1.54, 1.807) is 6.92 Å². The molecule has 5 rings (SSSR count). The number of carbonyl (C=O) groups excluding carboxylic acids is 1. The summed E-state index contributed by atoms with van der Waals surface area (Å²) >= 11 is 0. The number of hydrazone groups is 1. The third kappa shape index (κ3) is 2.56. The molecule has 128 valence electrons. The molecule has 5 heteroatoms. The summed E-state index contributed by atoms with van der Waals surface area (Å²) in [7, 11) is 0. The SMILES string of the molecule is CC(=NNC(=O)C12CC3CC(CC(C3)C1)C2)c1cc(O)ccc1O. The maximum absolute atomic E-state index is 12.9. The highest BCUT2D eigenvalue weighted by atomic mass is 16.3. The lowest BCUT2D eigenvalue weighted by Gasteiger charge is -2.55. The van der Waals surface area contributed by atoms with E-state index < -0.39 is 0 Å². The normalized spacial score (nSPS) is 34.4. The van der Waals surface area contributed by atoms with Crippen molar-refractivity contribution in [2.24, 2.45) is 28.3 Å². The topological polar surface area (TPSA) is 81.9 Å². The zero-order valence-electron chi connectivity index (χ0n) is 14.0. The fraction of sp³-hybridized carbons (Fsp3) is 0.579. The van der Waals surface area contributed by atoms with Crippen LogP contribution >= 0.6 is 0 Å². The molecule has 0 unspecified atom stereocenters. The molecule has 0 aliphatic heterocycles. The molecule has 0 heterocycles. The van der Waals surface area contributed by atoms with Crippen LogP contribution in [-0.4, -0.2) is 21.8 Å². The summed E-state index contributed by atoms with van der Waals surface area (Å²) in [5, 5.41) is 23.7. The van der Waals surface area contributed by atoms with Crippen molar-refractivity contribution in [1.29, 1.82) is 0 Å². The van der Waals surface area contributed by atoms with Crippen molar-refractivity contribution in [2.45, 2.75) is 45.4 Å². The highest BCUT2D eigenvalue weighted by Gasteiger charge is 2.54. The van der Waals surface area contributed by atoms with Gasteiger partial charge in [-0.05, 0) is 81.4 Å². The molecule has 3 N–H and O–H groups in total. The number of benzene rings is 1. The van der Waals surface area contributed by atoms with E-state index in [9.17, 15) is 15.0 Å². The molecule has 0 aromatic heterocycles. The molecule has 24 heavy (non-hydrogen) atoms. The van der Waals surface area contributed by atoms with E-state index >= 15 is 0 Å². The molecule has 4 aliphatic rings. The first kappa shape index (κ1) is 15.5. The third-order valence-corrected chi connectivity index (χ3v) is 6.21.